The van der Waals surface area contributed by atoms with Crippen LogP contribution in [0.2, 0.25) is 0 Å². The van der Waals surface area contributed by atoms with Crippen LogP contribution in [-0.4, -0.2) is 29.8 Å². The van der Waals surface area contributed by atoms with Crippen LogP contribution < -0.4 is 0 Å². The standard InChI is InChI=1S/C18H20N2O2S/c1-13-4-7-16(8-5-13)23(21,22)20-15-6-9-18(20)17(11-15)14-3-2-10-19-12-14/h2-5,7-8,10,12,15,17-18H,6,9,11H2,1H3/t15-,17-,18+/m0/s1. The topological polar surface area (TPSA) is 50.3 Å². The monoisotopic (exact) mass is 328 g/mol. The summed E-state index contributed by atoms with van der Waals surface area (Å²) >= 11 is 0. The second-order valence-corrected chi connectivity index (χ2v) is 8.42. The highest BCUT2D eigenvalue weighted by molar-refractivity contribution is 7.89. The summed E-state index contributed by atoms with van der Waals surface area (Å²) in [6.07, 6.45) is 6.45. The Kier molecular flexibility index (Phi) is 3.50. The van der Waals surface area contributed by atoms with E-state index in [9.17, 15) is 8.42 Å². The molecule has 2 aliphatic rings. The van der Waals surface area contributed by atoms with Crippen LogP contribution in [0.25, 0.3) is 0 Å². The van der Waals surface area contributed by atoms with E-state index >= 15 is 0 Å². The lowest BCUT2D eigenvalue weighted by molar-refractivity contribution is 0.388. The molecule has 1 aromatic carbocycles. The molecule has 3 heterocycles. The molecule has 0 amide bonds. The number of aromatic nitrogens is 1. The highest BCUT2D eigenvalue weighted by atomic mass is 32.2. The van der Waals surface area contributed by atoms with Gasteiger partial charge in [0.05, 0.1) is 4.90 Å². The first-order valence-electron chi connectivity index (χ1n) is 8.07. The third-order valence-corrected chi connectivity index (χ3v) is 7.17. The van der Waals surface area contributed by atoms with Crippen molar-refractivity contribution in [3.05, 3.63) is 59.9 Å². The first-order valence-corrected chi connectivity index (χ1v) is 9.51. The molecule has 0 spiro atoms. The SMILES string of the molecule is Cc1ccc(S(=O)(=O)N2[C@H]3CC[C@@H]2[C@H](c2cccnc2)C3)cc1. The molecule has 2 aliphatic heterocycles. The summed E-state index contributed by atoms with van der Waals surface area (Å²) < 4.78 is 28.0. The van der Waals surface area contributed by atoms with Gasteiger partial charge in [-0.05, 0) is 49.9 Å². The van der Waals surface area contributed by atoms with Crippen LogP contribution in [0.4, 0.5) is 0 Å². The van der Waals surface area contributed by atoms with Gasteiger partial charge in [0.25, 0.3) is 0 Å². The molecule has 2 bridgehead atoms. The van der Waals surface area contributed by atoms with Gasteiger partial charge in [-0.2, -0.15) is 4.31 Å². The maximum absolute atomic E-state index is 13.1. The van der Waals surface area contributed by atoms with Crippen molar-refractivity contribution in [2.45, 2.75) is 49.1 Å². The number of nitrogens with zero attached hydrogens (tertiary/aromatic N) is 2. The van der Waals surface area contributed by atoms with Gasteiger partial charge in [0, 0.05) is 30.4 Å². The van der Waals surface area contributed by atoms with Crippen LogP contribution in [0, 0.1) is 6.92 Å². The number of fused-ring (bicyclic) bond motifs is 2. The van der Waals surface area contributed by atoms with Crippen molar-refractivity contribution >= 4 is 10.0 Å². The molecular formula is C18H20N2O2S. The van der Waals surface area contributed by atoms with E-state index in [1.807, 2.05) is 31.3 Å². The quantitative estimate of drug-likeness (QED) is 0.870. The van der Waals surface area contributed by atoms with Crippen LogP contribution >= 0.6 is 0 Å². The Bertz CT molecular complexity index is 803. The van der Waals surface area contributed by atoms with Gasteiger partial charge in [-0.1, -0.05) is 23.8 Å². The van der Waals surface area contributed by atoms with Crippen molar-refractivity contribution in [1.29, 1.82) is 0 Å². The van der Waals surface area contributed by atoms with E-state index in [-0.39, 0.29) is 18.0 Å². The lowest BCUT2D eigenvalue weighted by Gasteiger charge is -2.24. The molecule has 0 N–H and O–H groups in total. The highest BCUT2D eigenvalue weighted by Crippen LogP contribution is 2.49. The summed E-state index contributed by atoms with van der Waals surface area (Å²) in [6, 6.07) is 11.4. The second kappa shape index (κ2) is 5.42. The van der Waals surface area contributed by atoms with Gasteiger partial charge in [0.1, 0.15) is 0 Å². The molecule has 2 saturated heterocycles. The summed E-state index contributed by atoms with van der Waals surface area (Å²) in [5.41, 5.74) is 2.23. The molecule has 0 radical (unpaired) electrons. The minimum Gasteiger partial charge on any atom is -0.264 e. The number of aryl methyl sites for hydroxylation is 1. The molecule has 2 aromatic rings. The average Bonchev–Trinajstić information content (AvgIpc) is 3.15. The molecule has 3 atom stereocenters. The fourth-order valence-corrected chi connectivity index (χ4v) is 6.02. The average molecular weight is 328 g/mol. The molecule has 4 rings (SSSR count). The number of hydrogen-bond acceptors (Lipinski definition) is 3. The lowest BCUT2D eigenvalue weighted by Crippen LogP contribution is -2.36. The van der Waals surface area contributed by atoms with Crippen molar-refractivity contribution in [2.24, 2.45) is 0 Å². The number of rotatable bonds is 3. The summed E-state index contributed by atoms with van der Waals surface area (Å²) in [5.74, 6) is 0.266. The number of pyridine rings is 1. The van der Waals surface area contributed by atoms with Gasteiger partial charge < -0.3 is 0 Å². The van der Waals surface area contributed by atoms with Crippen molar-refractivity contribution in [3.63, 3.8) is 0 Å². The fourth-order valence-electron chi connectivity index (χ4n) is 4.10. The molecule has 23 heavy (non-hydrogen) atoms. The van der Waals surface area contributed by atoms with E-state index in [4.69, 9.17) is 0 Å². The zero-order valence-electron chi connectivity index (χ0n) is 13.1. The largest absolute Gasteiger partial charge is 0.264 e. The highest BCUT2D eigenvalue weighted by Gasteiger charge is 2.52. The van der Waals surface area contributed by atoms with E-state index < -0.39 is 10.0 Å². The van der Waals surface area contributed by atoms with E-state index in [2.05, 4.69) is 11.1 Å². The first kappa shape index (κ1) is 14.8. The van der Waals surface area contributed by atoms with Gasteiger partial charge in [-0.3, -0.25) is 4.98 Å². The lowest BCUT2D eigenvalue weighted by atomic mass is 9.85. The van der Waals surface area contributed by atoms with E-state index in [0.717, 1.165) is 30.4 Å². The van der Waals surface area contributed by atoms with E-state index in [1.54, 1.807) is 22.6 Å². The summed E-state index contributed by atoms with van der Waals surface area (Å²) in [7, 11) is -3.42. The molecule has 120 valence electrons. The van der Waals surface area contributed by atoms with Crippen LogP contribution in [-0.2, 0) is 10.0 Å². The molecule has 0 unspecified atom stereocenters. The Morgan fingerprint density at radius 3 is 2.61 bits per heavy atom. The molecule has 4 nitrogen and oxygen atoms in total. The van der Waals surface area contributed by atoms with E-state index in [0.29, 0.717) is 4.90 Å². The third kappa shape index (κ3) is 2.39. The zero-order chi connectivity index (χ0) is 16.0. The van der Waals surface area contributed by atoms with Crippen molar-refractivity contribution in [2.75, 3.05) is 0 Å². The maximum Gasteiger partial charge on any atom is 0.243 e. The Labute approximate surface area is 137 Å². The predicted molar refractivity (Wildman–Crippen MR) is 88.6 cm³/mol. The summed E-state index contributed by atoms with van der Waals surface area (Å²) in [4.78, 5) is 4.61. The minimum atomic E-state index is -3.42. The second-order valence-electron chi connectivity index (χ2n) is 6.58. The Hall–Kier alpha value is -1.72. The number of benzene rings is 1. The summed E-state index contributed by atoms with van der Waals surface area (Å²) in [5, 5.41) is 0. The number of sulfonamides is 1. The Morgan fingerprint density at radius 2 is 1.91 bits per heavy atom. The summed E-state index contributed by atoms with van der Waals surface area (Å²) in [6.45, 7) is 1.97. The fraction of sp³-hybridized carbons (Fsp3) is 0.389. The van der Waals surface area contributed by atoms with Crippen LogP contribution in [0.1, 0.15) is 36.3 Å². The van der Waals surface area contributed by atoms with Gasteiger partial charge in [-0.15, -0.1) is 0 Å². The molecular weight excluding hydrogens is 308 g/mol. The molecule has 0 saturated carbocycles. The Morgan fingerprint density at radius 1 is 1.13 bits per heavy atom. The van der Waals surface area contributed by atoms with Crippen LogP contribution in [0.3, 0.4) is 0 Å². The van der Waals surface area contributed by atoms with E-state index in [1.165, 1.54) is 0 Å². The van der Waals surface area contributed by atoms with Crippen LogP contribution in [0.5, 0.6) is 0 Å². The smallest absolute Gasteiger partial charge is 0.243 e. The van der Waals surface area contributed by atoms with Gasteiger partial charge in [0.15, 0.2) is 0 Å². The molecule has 0 aliphatic carbocycles. The number of hydrogen-bond donors (Lipinski definition) is 0. The molecule has 5 heteroatoms. The van der Waals surface area contributed by atoms with Gasteiger partial charge >= 0.3 is 0 Å². The zero-order valence-corrected chi connectivity index (χ0v) is 13.9. The van der Waals surface area contributed by atoms with Crippen molar-refractivity contribution in [3.8, 4) is 0 Å². The predicted octanol–water partition coefficient (Wildman–Crippen LogP) is 3.10. The van der Waals surface area contributed by atoms with Crippen LogP contribution in [0.15, 0.2) is 53.7 Å². The third-order valence-electron chi connectivity index (χ3n) is 5.18. The maximum atomic E-state index is 13.1. The molecule has 1 aromatic heterocycles. The minimum absolute atomic E-state index is 0.0653. The van der Waals surface area contributed by atoms with Gasteiger partial charge in [-0.25, -0.2) is 8.42 Å². The van der Waals surface area contributed by atoms with Crippen molar-refractivity contribution < 1.29 is 8.42 Å². The Balaban J connectivity index is 1.69. The first-order chi connectivity index (χ1) is 11.1. The van der Waals surface area contributed by atoms with Gasteiger partial charge in [0.2, 0.25) is 10.0 Å². The molecule has 2 fully saturated rings. The van der Waals surface area contributed by atoms with Crippen molar-refractivity contribution in [1.82, 2.24) is 9.29 Å². The normalized spacial score (nSPS) is 27.4.